The van der Waals surface area contributed by atoms with Gasteiger partial charge in [0.2, 0.25) is 0 Å². The minimum atomic E-state index is 0.0824. The van der Waals surface area contributed by atoms with Crippen LogP contribution in [-0.2, 0) is 0 Å². The Kier molecular flexibility index (Phi) is 5.66. The normalized spacial score (nSPS) is 17.2. The average Bonchev–Trinajstić information content (AvgIpc) is 3.05. The first kappa shape index (κ1) is 17.1. The van der Waals surface area contributed by atoms with Gasteiger partial charge in [-0.3, -0.25) is 0 Å². The van der Waals surface area contributed by atoms with E-state index < -0.39 is 0 Å². The molecule has 6 heteroatoms. The molecule has 1 aliphatic rings. The van der Waals surface area contributed by atoms with E-state index in [1.165, 1.54) is 0 Å². The van der Waals surface area contributed by atoms with Gasteiger partial charge in [-0.2, -0.15) is 11.8 Å². The maximum absolute atomic E-state index is 12.4. The number of piperidine rings is 1. The van der Waals surface area contributed by atoms with Gasteiger partial charge in [-0.25, -0.2) is 9.78 Å². The third-order valence-corrected chi connectivity index (χ3v) is 5.50. The Morgan fingerprint density at radius 1 is 1.42 bits per heavy atom. The van der Waals surface area contributed by atoms with E-state index in [1.807, 2.05) is 23.1 Å². The molecule has 2 heterocycles. The number of imidazole rings is 1. The van der Waals surface area contributed by atoms with Gasteiger partial charge in [0, 0.05) is 30.8 Å². The van der Waals surface area contributed by atoms with Crippen molar-refractivity contribution >= 4 is 28.8 Å². The molecule has 1 aromatic heterocycles. The predicted octanol–water partition coefficient (Wildman–Crippen LogP) is 3.59. The van der Waals surface area contributed by atoms with Crippen LogP contribution in [0.1, 0.15) is 37.9 Å². The largest absolute Gasteiger partial charge is 0.342 e. The molecule has 1 aromatic carbocycles. The van der Waals surface area contributed by atoms with Crippen LogP contribution in [0, 0.1) is 0 Å². The summed E-state index contributed by atoms with van der Waals surface area (Å²) in [6.07, 6.45) is 4.98. The number of likely N-dealkylation sites (tertiary alicyclic amines) is 1. The highest BCUT2D eigenvalue weighted by Gasteiger charge is 2.26. The lowest BCUT2D eigenvalue weighted by molar-refractivity contribution is 0.177. The fraction of sp³-hybridized carbons (Fsp3) is 0.556. The average molecular weight is 347 g/mol. The van der Waals surface area contributed by atoms with Gasteiger partial charge >= 0.3 is 6.03 Å². The van der Waals surface area contributed by atoms with Crippen molar-refractivity contribution in [3.05, 3.63) is 30.1 Å². The third kappa shape index (κ3) is 3.86. The van der Waals surface area contributed by atoms with E-state index in [0.29, 0.717) is 5.92 Å². The number of para-hydroxylation sites is 2. The first-order valence-electron chi connectivity index (χ1n) is 8.70. The number of nitrogens with zero attached hydrogens (tertiary/aromatic N) is 2. The van der Waals surface area contributed by atoms with E-state index in [1.54, 1.807) is 11.8 Å². The molecular formula is C18H26N4OS. The van der Waals surface area contributed by atoms with Crippen LogP contribution in [0.15, 0.2) is 24.3 Å². The van der Waals surface area contributed by atoms with Crippen LogP contribution in [0.25, 0.3) is 11.0 Å². The molecule has 2 N–H and O–H groups in total. The van der Waals surface area contributed by atoms with E-state index in [2.05, 4.69) is 29.5 Å². The molecule has 1 aliphatic heterocycles. The lowest BCUT2D eigenvalue weighted by Crippen LogP contribution is -2.48. The van der Waals surface area contributed by atoms with Crippen molar-refractivity contribution in [2.75, 3.05) is 25.1 Å². The summed E-state index contributed by atoms with van der Waals surface area (Å²) in [5.41, 5.74) is 2.12. The van der Waals surface area contributed by atoms with E-state index in [0.717, 1.165) is 55.0 Å². The summed E-state index contributed by atoms with van der Waals surface area (Å²) in [6.45, 7) is 3.71. The molecule has 0 spiro atoms. The SMILES string of the molecule is CCC(CSC)NC(=O)N1CCC(c2nc3ccccc3[nH]2)CC1. The highest BCUT2D eigenvalue weighted by atomic mass is 32.2. The Morgan fingerprint density at radius 3 is 2.83 bits per heavy atom. The second-order valence-electron chi connectivity index (χ2n) is 6.41. The molecule has 0 radical (unpaired) electrons. The summed E-state index contributed by atoms with van der Waals surface area (Å²) in [6, 6.07) is 8.48. The van der Waals surface area contributed by atoms with Gasteiger partial charge in [-0.1, -0.05) is 19.1 Å². The standard InChI is InChI=1S/C18H26N4OS/c1-3-14(12-24-2)19-18(23)22-10-8-13(9-11-22)17-20-15-6-4-5-7-16(15)21-17/h4-7,13-14H,3,8-12H2,1-2H3,(H,19,23)(H,20,21). The smallest absolute Gasteiger partial charge is 0.317 e. The number of hydrogen-bond acceptors (Lipinski definition) is 3. The fourth-order valence-electron chi connectivity index (χ4n) is 3.25. The number of thioether (sulfide) groups is 1. The first-order valence-corrected chi connectivity index (χ1v) is 10.1. The topological polar surface area (TPSA) is 61.0 Å². The maximum atomic E-state index is 12.4. The Bertz CT molecular complexity index is 645. The van der Waals surface area contributed by atoms with Crippen molar-refractivity contribution in [1.82, 2.24) is 20.2 Å². The van der Waals surface area contributed by atoms with Crippen LogP contribution in [-0.4, -0.2) is 52.0 Å². The summed E-state index contributed by atoms with van der Waals surface area (Å²) in [5, 5.41) is 3.16. The van der Waals surface area contributed by atoms with Crippen molar-refractivity contribution < 1.29 is 4.79 Å². The Hall–Kier alpha value is -1.69. The van der Waals surface area contributed by atoms with Crippen LogP contribution in [0.5, 0.6) is 0 Å². The molecule has 130 valence electrons. The van der Waals surface area contributed by atoms with Crippen molar-refractivity contribution in [1.29, 1.82) is 0 Å². The number of nitrogens with one attached hydrogen (secondary N) is 2. The third-order valence-electron chi connectivity index (χ3n) is 4.76. The fourth-order valence-corrected chi connectivity index (χ4v) is 3.97. The van der Waals surface area contributed by atoms with E-state index in [-0.39, 0.29) is 12.1 Å². The summed E-state index contributed by atoms with van der Waals surface area (Å²) in [5.74, 6) is 2.44. The van der Waals surface area contributed by atoms with E-state index in [4.69, 9.17) is 4.98 Å². The zero-order valence-electron chi connectivity index (χ0n) is 14.4. The Balaban J connectivity index is 1.56. The summed E-state index contributed by atoms with van der Waals surface area (Å²) >= 11 is 1.78. The van der Waals surface area contributed by atoms with Gasteiger partial charge in [-0.05, 0) is 37.7 Å². The quantitative estimate of drug-likeness (QED) is 0.870. The number of aromatic nitrogens is 2. The summed E-state index contributed by atoms with van der Waals surface area (Å²) < 4.78 is 0. The molecule has 24 heavy (non-hydrogen) atoms. The Morgan fingerprint density at radius 2 is 2.17 bits per heavy atom. The van der Waals surface area contributed by atoms with Crippen molar-refractivity contribution in [2.45, 2.75) is 38.1 Å². The molecule has 0 saturated carbocycles. The van der Waals surface area contributed by atoms with Gasteiger partial charge in [0.15, 0.2) is 0 Å². The van der Waals surface area contributed by atoms with Crippen LogP contribution in [0.2, 0.25) is 0 Å². The number of carbonyl (C=O) groups excluding carboxylic acids is 1. The van der Waals surface area contributed by atoms with Crippen LogP contribution in [0.3, 0.4) is 0 Å². The lowest BCUT2D eigenvalue weighted by Gasteiger charge is -2.32. The van der Waals surface area contributed by atoms with E-state index >= 15 is 0 Å². The second-order valence-corrected chi connectivity index (χ2v) is 7.32. The molecule has 2 aromatic rings. The number of hydrogen-bond donors (Lipinski definition) is 2. The molecule has 1 fully saturated rings. The molecule has 5 nitrogen and oxygen atoms in total. The number of carbonyl (C=O) groups is 1. The molecular weight excluding hydrogens is 320 g/mol. The van der Waals surface area contributed by atoms with Crippen LogP contribution < -0.4 is 5.32 Å². The molecule has 1 atom stereocenters. The molecule has 0 bridgehead atoms. The monoisotopic (exact) mass is 346 g/mol. The minimum Gasteiger partial charge on any atom is -0.342 e. The van der Waals surface area contributed by atoms with Crippen molar-refractivity contribution in [3.8, 4) is 0 Å². The van der Waals surface area contributed by atoms with E-state index in [9.17, 15) is 4.79 Å². The lowest BCUT2D eigenvalue weighted by atomic mass is 9.96. The Labute approximate surface area is 147 Å². The maximum Gasteiger partial charge on any atom is 0.317 e. The summed E-state index contributed by atoms with van der Waals surface area (Å²) in [7, 11) is 0. The summed E-state index contributed by atoms with van der Waals surface area (Å²) in [4.78, 5) is 22.5. The molecule has 0 aliphatic carbocycles. The minimum absolute atomic E-state index is 0.0824. The zero-order valence-corrected chi connectivity index (χ0v) is 15.2. The molecule has 3 rings (SSSR count). The molecule has 2 amide bonds. The molecule has 1 unspecified atom stereocenters. The second kappa shape index (κ2) is 7.92. The van der Waals surface area contributed by atoms with Gasteiger partial charge < -0.3 is 15.2 Å². The van der Waals surface area contributed by atoms with Gasteiger partial charge in [0.1, 0.15) is 5.82 Å². The number of fused-ring (bicyclic) bond motifs is 1. The molecule has 1 saturated heterocycles. The van der Waals surface area contributed by atoms with Crippen molar-refractivity contribution in [3.63, 3.8) is 0 Å². The van der Waals surface area contributed by atoms with Gasteiger partial charge in [-0.15, -0.1) is 0 Å². The van der Waals surface area contributed by atoms with Crippen molar-refractivity contribution in [2.24, 2.45) is 0 Å². The number of urea groups is 1. The number of H-pyrrole nitrogens is 1. The number of benzene rings is 1. The highest BCUT2D eigenvalue weighted by molar-refractivity contribution is 7.98. The number of amides is 2. The van der Waals surface area contributed by atoms with Gasteiger partial charge in [0.05, 0.1) is 11.0 Å². The first-order chi connectivity index (χ1) is 11.7. The number of aromatic amines is 1. The number of rotatable bonds is 5. The highest BCUT2D eigenvalue weighted by Crippen LogP contribution is 2.27. The van der Waals surface area contributed by atoms with Crippen LogP contribution in [0.4, 0.5) is 4.79 Å². The van der Waals surface area contributed by atoms with Gasteiger partial charge in [0.25, 0.3) is 0 Å². The van der Waals surface area contributed by atoms with Crippen LogP contribution >= 0.6 is 11.8 Å². The zero-order chi connectivity index (χ0) is 16.9. The predicted molar refractivity (Wildman–Crippen MR) is 101 cm³/mol.